The Balaban J connectivity index is 1.49. The first-order valence-corrected chi connectivity index (χ1v) is 10.1. The number of benzene rings is 3. The number of anilines is 1. The Labute approximate surface area is 181 Å². The molecule has 31 heavy (non-hydrogen) atoms. The minimum absolute atomic E-state index is 0.0876. The van der Waals surface area contributed by atoms with Crippen molar-refractivity contribution in [2.24, 2.45) is 0 Å². The monoisotopic (exact) mass is 416 g/mol. The van der Waals surface area contributed by atoms with Crippen LogP contribution in [0.2, 0.25) is 0 Å². The fourth-order valence-electron chi connectivity index (χ4n) is 3.69. The summed E-state index contributed by atoms with van der Waals surface area (Å²) in [6, 6.07) is 20.1. The molecule has 0 saturated heterocycles. The fourth-order valence-corrected chi connectivity index (χ4v) is 3.69. The van der Waals surface area contributed by atoms with E-state index in [1.165, 1.54) is 0 Å². The molecule has 4 rings (SSSR count). The summed E-state index contributed by atoms with van der Waals surface area (Å²) in [6.07, 6.45) is 0.767. The Morgan fingerprint density at radius 1 is 0.903 bits per heavy atom. The Kier molecular flexibility index (Phi) is 5.89. The molecule has 0 unspecified atom stereocenters. The van der Waals surface area contributed by atoms with Crippen molar-refractivity contribution in [3.05, 3.63) is 89.0 Å². The van der Waals surface area contributed by atoms with Crippen LogP contribution in [0.4, 0.5) is 5.69 Å². The average molecular weight is 416 g/mol. The lowest BCUT2D eigenvalue weighted by atomic mass is 10.1. The molecule has 1 N–H and O–H groups in total. The third-order valence-corrected chi connectivity index (χ3v) is 5.41. The highest BCUT2D eigenvalue weighted by Crippen LogP contribution is 2.30. The van der Waals surface area contributed by atoms with Crippen molar-refractivity contribution in [3.8, 4) is 11.5 Å². The molecule has 6 nitrogen and oxygen atoms in total. The number of hydrogen-bond acceptors (Lipinski definition) is 4. The zero-order valence-corrected chi connectivity index (χ0v) is 17.6. The van der Waals surface area contributed by atoms with Gasteiger partial charge in [-0.15, -0.1) is 0 Å². The molecule has 3 aromatic carbocycles. The fraction of sp³-hybridized carbons (Fsp3) is 0.200. The molecule has 0 radical (unpaired) electrons. The van der Waals surface area contributed by atoms with Crippen LogP contribution in [0.1, 0.15) is 31.8 Å². The highest BCUT2D eigenvalue weighted by atomic mass is 16.5. The summed E-state index contributed by atoms with van der Waals surface area (Å²) >= 11 is 0. The summed E-state index contributed by atoms with van der Waals surface area (Å²) in [4.78, 5) is 27.5. The first kappa shape index (κ1) is 20.5. The number of fused-ring (bicyclic) bond motifs is 1. The Hall–Kier alpha value is -3.80. The zero-order valence-electron chi connectivity index (χ0n) is 17.6. The van der Waals surface area contributed by atoms with Crippen molar-refractivity contribution in [1.82, 2.24) is 5.32 Å². The number of ether oxygens (including phenoxy) is 2. The molecule has 158 valence electrons. The molecule has 3 aromatic rings. The maximum absolute atomic E-state index is 13.0. The van der Waals surface area contributed by atoms with Crippen molar-refractivity contribution in [2.45, 2.75) is 13.0 Å². The SMILES string of the molecule is COc1ccc(C(=O)N2CCc3ccc(C(=O)NCc4cccc(OC)c4)cc32)cc1. The van der Waals surface area contributed by atoms with Gasteiger partial charge >= 0.3 is 0 Å². The van der Waals surface area contributed by atoms with Crippen LogP contribution in [-0.4, -0.2) is 32.6 Å². The maximum Gasteiger partial charge on any atom is 0.258 e. The van der Waals surface area contributed by atoms with Crippen LogP contribution in [0.5, 0.6) is 11.5 Å². The zero-order chi connectivity index (χ0) is 21.8. The van der Waals surface area contributed by atoms with Crippen molar-refractivity contribution >= 4 is 17.5 Å². The second kappa shape index (κ2) is 8.92. The van der Waals surface area contributed by atoms with Gasteiger partial charge in [-0.2, -0.15) is 0 Å². The molecule has 0 atom stereocenters. The van der Waals surface area contributed by atoms with Crippen molar-refractivity contribution in [2.75, 3.05) is 25.7 Å². The first-order chi connectivity index (χ1) is 15.1. The average Bonchev–Trinajstić information content (AvgIpc) is 3.25. The van der Waals surface area contributed by atoms with E-state index in [-0.39, 0.29) is 11.8 Å². The number of rotatable bonds is 6. The van der Waals surface area contributed by atoms with Crippen LogP contribution in [0.15, 0.2) is 66.7 Å². The number of carbonyl (C=O) groups is 2. The van der Waals surface area contributed by atoms with Gasteiger partial charge in [0.15, 0.2) is 0 Å². The molecule has 0 aromatic heterocycles. The number of carbonyl (C=O) groups excluding carboxylic acids is 2. The van der Waals surface area contributed by atoms with Gasteiger partial charge in [0.25, 0.3) is 11.8 Å². The summed E-state index contributed by atoms with van der Waals surface area (Å²) in [5.41, 5.74) is 3.91. The van der Waals surface area contributed by atoms with Gasteiger partial charge in [0, 0.05) is 29.9 Å². The molecule has 2 amide bonds. The van der Waals surface area contributed by atoms with E-state index in [4.69, 9.17) is 9.47 Å². The van der Waals surface area contributed by atoms with Crippen LogP contribution in [0, 0.1) is 0 Å². The lowest BCUT2D eigenvalue weighted by Gasteiger charge is -2.18. The van der Waals surface area contributed by atoms with Crippen LogP contribution >= 0.6 is 0 Å². The third-order valence-electron chi connectivity index (χ3n) is 5.41. The van der Waals surface area contributed by atoms with Gasteiger partial charge in [0.05, 0.1) is 14.2 Å². The van der Waals surface area contributed by atoms with Gasteiger partial charge in [-0.3, -0.25) is 9.59 Å². The standard InChI is InChI=1S/C25H24N2O4/c1-30-21-10-8-19(9-11-21)25(29)27-13-12-18-6-7-20(15-23(18)27)24(28)26-16-17-4-3-5-22(14-17)31-2/h3-11,14-15H,12-13,16H2,1-2H3,(H,26,28). The highest BCUT2D eigenvalue weighted by Gasteiger charge is 2.26. The summed E-state index contributed by atoms with van der Waals surface area (Å²) in [6.45, 7) is 0.983. The Morgan fingerprint density at radius 3 is 2.39 bits per heavy atom. The quantitative estimate of drug-likeness (QED) is 0.663. The summed E-state index contributed by atoms with van der Waals surface area (Å²) < 4.78 is 10.4. The number of amides is 2. The number of nitrogens with zero attached hydrogens (tertiary/aromatic N) is 1. The smallest absolute Gasteiger partial charge is 0.258 e. The van der Waals surface area contributed by atoms with Crippen LogP contribution in [0.25, 0.3) is 0 Å². The van der Waals surface area contributed by atoms with E-state index in [2.05, 4.69) is 5.32 Å². The van der Waals surface area contributed by atoms with Gasteiger partial charge in [0.1, 0.15) is 11.5 Å². The van der Waals surface area contributed by atoms with E-state index in [0.29, 0.717) is 30.0 Å². The van der Waals surface area contributed by atoms with Crippen LogP contribution < -0.4 is 19.7 Å². The van der Waals surface area contributed by atoms with Crippen molar-refractivity contribution in [3.63, 3.8) is 0 Å². The van der Waals surface area contributed by atoms with E-state index in [1.807, 2.05) is 30.3 Å². The third kappa shape index (κ3) is 4.38. The number of nitrogens with one attached hydrogen (secondary N) is 1. The Bertz CT molecular complexity index is 1110. The lowest BCUT2D eigenvalue weighted by Crippen LogP contribution is -2.29. The normalized spacial score (nSPS) is 12.3. The van der Waals surface area contributed by atoms with E-state index in [0.717, 1.165) is 29.0 Å². The van der Waals surface area contributed by atoms with E-state index in [1.54, 1.807) is 55.5 Å². The molecule has 6 heteroatoms. The molecule has 1 aliphatic rings. The van der Waals surface area contributed by atoms with E-state index >= 15 is 0 Å². The number of methoxy groups -OCH3 is 2. The van der Waals surface area contributed by atoms with E-state index < -0.39 is 0 Å². The first-order valence-electron chi connectivity index (χ1n) is 10.1. The van der Waals surface area contributed by atoms with E-state index in [9.17, 15) is 9.59 Å². The second-order valence-electron chi connectivity index (χ2n) is 7.31. The van der Waals surface area contributed by atoms with Gasteiger partial charge in [-0.25, -0.2) is 0 Å². The van der Waals surface area contributed by atoms with Gasteiger partial charge in [-0.05, 0) is 66.1 Å². The lowest BCUT2D eigenvalue weighted by molar-refractivity contribution is 0.0948. The summed E-state index contributed by atoms with van der Waals surface area (Å²) in [7, 11) is 3.20. The molecule has 0 aliphatic carbocycles. The Morgan fingerprint density at radius 2 is 1.65 bits per heavy atom. The minimum atomic E-state index is -0.186. The van der Waals surface area contributed by atoms with Gasteiger partial charge in [-0.1, -0.05) is 18.2 Å². The molecular formula is C25H24N2O4. The summed E-state index contributed by atoms with van der Waals surface area (Å²) in [5.74, 6) is 1.18. The predicted octanol–water partition coefficient (Wildman–Crippen LogP) is 3.84. The van der Waals surface area contributed by atoms with Crippen molar-refractivity contribution in [1.29, 1.82) is 0 Å². The molecular weight excluding hydrogens is 392 g/mol. The minimum Gasteiger partial charge on any atom is -0.497 e. The highest BCUT2D eigenvalue weighted by molar-refractivity contribution is 6.08. The predicted molar refractivity (Wildman–Crippen MR) is 119 cm³/mol. The molecule has 0 fully saturated rings. The molecule has 1 heterocycles. The number of hydrogen-bond donors (Lipinski definition) is 1. The van der Waals surface area contributed by atoms with Crippen LogP contribution in [-0.2, 0) is 13.0 Å². The van der Waals surface area contributed by atoms with Gasteiger partial charge in [0.2, 0.25) is 0 Å². The largest absolute Gasteiger partial charge is 0.497 e. The molecule has 1 aliphatic heterocycles. The van der Waals surface area contributed by atoms with Crippen LogP contribution in [0.3, 0.4) is 0 Å². The topological polar surface area (TPSA) is 67.9 Å². The van der Waals surface area contributed by atoms with Crippen molar-refractivity contribution < 1.29 is 19.1 Å². The van der Waals surface area contributed by atoms with Gasteiger partial charge < -0.3 is 19.7 Å². The molecule has 0 spiro atoms. The molecule has 0 bridgehead atoms. The second-order valence-corrected chi connectivity index (χ2v) is 7.31. The summed E-state index contributed by atoms with van der Waals surface area (Å²) in [5, 5.41) is 2.93. The molecule has 0 saturated carbocycles. The maximum atomic E-state index is 13.0.